The molecule has 2 aromatic rings. The van der Waals surface area contributed by atoms with Gasteiger partial charge < -0.3 is 14.0 Å². The number of ether oxygens (including phenoxy) is 2. The van der Waals surface area contributed by atoms with Crippen molar-refractivity contribution < 1.29 is 9.47 Å². The van der Waals surface area contributed by atoms with Crippen LogP contribution in [0.5, 0.6) is 5.88 Å². The van der Waals surface area contributed by atoms with E-state index in [1.807, 2.05) is 18.3 Å². The number of rotatable bonds is 4. The Labute approximate surface area is 118 Å². The number of aromatic nitrogens is 2. The lowest BCUT2D eigenvalue weighted by Gasteiger charge is -2.27. The molecule has 0 saturated carbocycles. The van der Waals surface area contributed by atoms with Crippen molar-refractivity contribution in [1.29, 1.82) is 0 Å². The Morgan fingerprint density at radius 1 is 1.25 bits per heavy atom. The summed E-state index contributed by atoms with van der Waals surface area (Å²) in [7, 11) is 1.63. The van der Waals surface area contributed by atoms with Crippen LogP contribution in [-0.2, 0) is 11.3 Å². The fourth-order valence-electron chi connectivity index (χ4n) is 2.42. The van der Waals surface area contributed by atoms with Crippen LogP contribution in [0.4, 0.5) is 0 Å². The van der Waals surface area contributed by atoms with Gasteiger partial charge in [-0.05, 0) is 18.2 Å². The highest BCUT2D eigenvalue weighted by Gasteiger charge is 2.13. The van der Waals surface area contributed by atoms with Gasteiger partial charge in [0.25, 0.3) is 0 Å². The zero-order valence-corrected chi connectivity index (χ0v) is 11.7. The monoisotopic (exact) mass is 273 g/mol. The van der Waals surface area contributed by atoms with Crippen molar-refractivity contribution in [2.75, 3.05) is 33.4 Å². The number of nitrogens with zero attached hydrogens (tertiary/aromatic N) is 3. The van der Waals surface area contributed by atoms with Gasteiger partial charge in [-0.15, -0.1) is 0 Å². The minimum atomic E-state index is 0.635. The summed E-state index contributed by atoms with van der Waals surface area (Å²) < 4.78 is 12.7. The molecule has 1 aliphatic rings. The predicted molar refractivity (Wildman–Crippen MR) is 76.2 cm³/mol. The summed E-state index contributed by atoms with van der Waals surface area (Å²) in [6.45, 7) is 4.57. The van der Waals surface area contributed by atoms with E-state index in [-0.39, 0.29) is 0 Å². The zero-order chi connectivity index (χ0) is 13.8. The summed E-state index contributed by atoms with van der Waals surface area (Å²) >= 11 is 0. The molecule has 0 radical (unpaired) electrons. The van der Waals surface area contributed by atoms with Crippen molar-refractivity contribution in [3.05, 3.63) is 42.4 Å². The van der Waals surface area contributed by atoms with Crippen LogP contribution in [0.25, 0.3) is 5.69 Å². The summed E-state index contributed by atoms with van der Waals surface area (Å²) in [5.41, 5.74) is 2.32. The molecule has 5 heteroatoms. The lowest BCUT2D eigenvalue weighted by atomic mass is 10.3. The van der Waals surface area contributed by atoms with Crippen LogP contribution in [0, 0.1) is 0 Å². The molecule has 20 heavy (non-hydrogen) atoms. The fraction of sp³-hybridized carbons (Fsp3) is 0.400. The van der Waals surface area contributed by atoms with Crippen LogP contribution in [0.2, 0.25) is 0 Å². The van der Waals surface area contributed by atoms with E-state index in [0.717, 1.165) is 38.5 Å². The average Bonchev–Trinajstić information content (AvgIpc) is 2.96. The highest BCUT2D eigenvalue weighted by Crippen LogP contribution is 2.16. The second-order valence-corrected chi connectivity index (χ2v) is 4.82. The second-order valence-electron chi connectivity index (χ2n) is 4.82. The highest BCUT2D eigenvalue weighted by molar-refractivity contribution is 5.34. The van der Waals surface area contributed by atoms with Crippen LogP contribution in [-0.4, -0.2) is 47.9 Å². The smallest absolute Gasteiger partial charge is 0.213 e. The summed E-state index contributed by atoms with van der Waals surface area (Å²) in [5, 5.41) is 0. The molecule has 0 aromatic carbocycles. The molecule has 1 aliphatic heterocycles. The molecule has 3 heterocycles. The number of morpholine rings is 1. The van der Waals surface area contributed by atoms with E-state index in [4.69, 9.17) is 9.47 Å². The van der Waals surface area contributed by atoms with Crippen LogP contribution in [0.3, 0.4) is 0 Å². The van der Waals surface area contributed by atoms with Crippen molar-refractivity contribution in [1.82, 2.24) is 14.5 Å². The van der Waals surface area contributed by atoms with E-state index in [2.05, 4.69) is 32.8 Å². The number of pyridine rings is 1. The van der Waals surface area contributed by atoms with E-state index < -0.39 is 0 Å². The normalized spacial score (nSPS) is 16.2. The Balaban J connectivity index is 1.77. The van der Waals surface area contributed by atoms with E-state index >= 15 is 0 Å². The predicted octanol–water partition coefficient (Wildman–Crippen LogP) is 1.71. The molecular weight excluding hydrogens is 254 g/mol. The topological polar surface area (TPSA) is 39.5 Å². The van der Waals surface area contributed by atoms with E-state index in [0.29, 0.717) is 5.88 Å². The fourth-order valence-corrected chi connectivity index (χ4v) is 2.42. The summed E-state index contributed by atoms with van der Waals surface area (Å²) in [6, 6.07) is 8.13. The lowest BCUT2D eigenvalue weighted by Crippen LogP contribution is -2.36. The van der Waals surface area contributed by atoms with Crippen LogP contribution in [0.1, 0.15) is 5.69 Å². The van der Waals surface area contributed by atoms with Gasteiger partial charge in [0.2, 0.25) is 5.88 Å². The standard InChI is InChI=1S/C15H19N3O2/c1-19-15-5-4-13(11-16-15)18-6-2-3-14(18)12-17-7-9-20-10-8-17/h2-6,11H,7-10,12H2,1H3. The van der Waals surface area contributed by atoms with Gasteiger partial charge in [0.05, 0.1) is 32.2 Å². The van der Waals surface area contributed by atoms with Crippen molar-refractivity contribution in [2.45, 2.75) is 6.54 Å². The molecule has 0 unspecified atom stereocenters. The number of hydrogen-bond acceptors (Lipinski definition) is 4. The molecule has 0 aliphatic carbocycles. The molecule has 2 aromatic heterocycles. The molecule has 0 spiro atoms. The molecule has 1 fully saturated rings. The molecule has 5 nitrogen and oxygen atoms in total. The molecular formula is C15H19N3O2. The first-order chi connectivity index (χ1) is 9.86. The van der Waals surface area contributed by atoms with Crippen LogP contribution < -0.4 is 4.74 Å². The number of methoxy groups -OCH3 is 1. The van der Waals surface area contributed by atoms with Gasteiger partial charge in [-0.25, -0.2) is 4.98 Å². The van der Waals surface area contributed by atoms with Crippen molar-refractivity contribution in [3.8, 4) is 11.6 Å². The first-order valence-corrected chi connectivity index (χ1v) is 6.83. The molecule has 3 rings (SSSR count). The minimum Gasteiger partial charge on any atom is -0.481 e. The van der Waals surface area contributed by atoms with Gasteiger partial charge in [-0.1, -0.05) is 0 Å². The molecule has 0 bridgehead atoms. The SMILES string of the molecule is COc1ccc(-n2cccc2CN2CCOCC2)cn1. The van der Waals surface area contributed by atoms with Gasteiger partial charge >= 0.3 is 0 Å². The van der Waals surface area contributed by atoms with Crippen molar-refractivity contribution in [3.63, 3.8) is 0 Å². The van der Waals surface area contributed by atoms with E-state index in [1.165, 1.54) is 5.69 Å². The van der Waals surface area contributed by atoms with Gasteiger partial charge in [-0.2, -0.15) is 0 Å². The summed E-state index contributed by atoms with van der Waals surface area (Å²) in [5.74, 6) is 0.635. The maximum Gasteiger partial charge on any atom is 0.213 e. The largest absolute Gasteiger partial charge is 0.481 e. The number of hydrogen-bond donors (Lipinski definition) is 0. The van der Waals surface area contributed by atoms with Gasteiger partial charge in [-0.3, -0.25) is 4.90 Å². The minimum absolute atomic E-state index is 0.635. The van der Waals surface area contributed by atoms with Gasteiger partial charge in [0, 0.05) is 37.6 Å². The van der Waals surface area contributed by atoms with Crippen LogP contribution in [0.15, 0.2) is 36.7 Å². The lowest BCUT2D eigenvalue weighted by molar-refractivity contribution is 0.0334. The maximum atomic E-state index is 5.39. The van der Waals surface area contributed by atoms with Gasteiger partial charge in [0.1, 0.15) is 0 Å². The third-order valence-corrected chi connectivity index (χ3v) is 3.53. The highest BCUT2D eigenvalue weighted by atomic mass is 16.5. The Kier molecular flexibility index (Phi) is 3.99. The van der Waals surface area contributed by atoms with Crippen molar-refractivity contribution in [2.24, 2.45) is 0 Å². The first-order valence-electron chi connectivity index (χ1n) is 6.83. The van der Waals surface area contributed by atoms with E-state index in [1.54, 1.807) is 7.11 Å². The first kappa shape index (κ1) is 13.1. The Bertz CT molecular complexity index is 545. The van der Waals surface area contributed by atoms with Crippen molar-refractivity contribution >= 4 is 0 Å². The maximum absolute atomic E-state index is 5.39. The molecule has 0 amide bonds. The molecule has 0 atom stereocenters. The van der Waals surface area contributed by atoms with Crippen LogP contribution >= 0.6 is 0 Å². The molecule has 1 saturated heterocycles. The average molecular weight is 273 g/mol. The third-order valence-electron chi connectivity index (χ3n) is 3.53. The Morgan fingerprint density at radius 2 is 2.10 bits per heavy atom. The quantitative estimate of drug-likeness (QED) is 0.850. The summed E-state index contributed by atoms with van der Waals surface area (Å²) in [6.07, 6.45) is 3.90. The van der Waals surface area contributed by atoms with E-state index in [9.17, 15) is 0 Å². The Hall–Kier alpha value is -1.85. The Morgan fingerprint density at radius 3 is 2.80 bits per heavy atom. The molecule has 0 N–H and O–H groups in total. The molecule has 106 valence electrons. The zero-order valence-electron chi connectivity index (χ0n) is 11.7. The third kappa shape index (κ3) is 2.84. The second kappa shape index (κ2) is 6.07. The summed E-state index contributed by atoms with van der Waals surface area (Å²) in [4.78, 5) is 6.67. The van der Waals surface area contributed by atoms with Gasteiger partial charge in [0.15, 0.2) is 0 Å².